The Morgan fingerprint density at radius 2 is 1.94 bits per heavy atom. The zero-order valence-corrected chi connectivity index (χ0v) is 18.4. The van der Waals surface area contributed by atoms with Crippen LogP contribution in [0.4, 0.5) is 5.82 Å². The summed E-state index contributed by atoms with van der Waals surface area (Å²) in [6.07, 6.45) is 3.39. The molecule has 1 fully saturated rings. The van der Waals surface area contributed by atoms with Crippen molar-refractivity contribution in [3.05, 3.63) is 59.0 Å². The SMILES string of the molecule is Cc1cnc(CNC(=O)c2ccc3c(c2)nc(N2CCN(C)CC2)c2ccsc23)cn1. The lowest BCUT2D eigenvalue weighted by Gasteiger charge is -2.33. The summed E-state index contributed by atoms with van der Waals surface area (Å²) in [4.78, 5) is 31.0. The molecule has 0 bridgehead atoms. The van der Waals surface area contributed by atoms with Gasteiger partial charge in [-0.2, -0.15) is 0 Å². The molecule has 1 N–H and O–H groups in total. The molecule has 4 aromatic rings. The predicted octanol–water partition coefficient (Wildman–Crippen LogP) is 3.23. The number of carbonyl (C=O) groups is 1. The molecule has 158 valence electrons. The van der Waals surface area contributed by atoms with E-state index in [2.05, 4.69) is 43.6 Å². The molecule has 8 heteroatoms. The van der Waals surface area contributed by atoms with Gasteiger partial charge in [-0.1, -0.05) is 6.07 Å². The van der Waals surface area contributed by atoms with E-state index in [4.69, 9.17) is 4.98 Å². The first-order valence-electron chi connectivity index (χ1n) is 10.4. The number of hydrogen-bond donors (Lipinski definition) is 1. The van der Waals surface area contributed by atoms with Gasteiger partial charge in [-0.05, 0) is 37.6 Å². The Labute approximate surface area is 184 Å². The van der Waals surface area contributed by atoms with Crippen molar-refractivity contribution in [2.24, 2.45) is 0 Å². The van der Waals surface area contributed by atoms with E-state index in [1.54, 1.807) is 23.7 Å². The van der Waals surface area contributed by atoms with E-state index < -0.39 is 0 Å². The molecule has 1 aliphatic heterocycles. The van der Waals surface area contributed by atoms with Crippen molar-refractivity contribution in [1.29, 1.82) is 0 Å². The molecule has 0 saturated carbocycles. The number of benzene rings is 1. The van der Waals surface area contributed by atoms with Crippen LogP contribution >= 0.6 is 11.3 Å². The van der Waals surface area contributed by atoms with Crippen molar-refractivity contribution in [3.8, 4) is 0 Å². The summed E-state index contributed by atoms with van der Waals surface area (Å²) in [6, 6.07) is 7.93. The standard InChI is InChI=1S/C23H24N6OS/c1-15-12-25-17(13-24-15)14-26-23(30)16-3-4-18-20(11-16)27-22(19-5-10-31-21(18)19)29-8-6-28(2)7-9-29/h3-5,10-13H,6-9,14H2,1-2H3,(H,26,30). The van der Waals surface area contributed by atoms with Crippen molar-refractivity contribution in [3.63, 3.8) is 0 Å². The van der Waals surface area contributed by atoms with E-state index in [0.29, 0.717) is 12.1 Å². The molecule has 1 saturated heterocycles. The Morgan fingerprint density at radius 1 is 1.10 bits per heavy atom. The molecule has 0 aliphatic carbocycles. The minimum atomic E-state index is -0.140. The van der Waals surface area contributed by atoms with Crippen LogP contribution in [0.25, 0.3) is 21.0 Å². The predicted molar refractivity (Wildman–Crippen MR) is 125 cm³/mol. The zero-order chi connectivity index (χ0) is 21.4. The molecule has 0 unspecified atom stereocenters. The average molecular weight is 433 g/mol. The molecule has 1 aromatic carbocycles. The number of thiophene rings is 1. The van der Waals surface area contributed by atoms with Gasteiger partial charge in [0, 0.05) is 53.4 Å². The lowest BCUT2D eigenvalue weighted by atomic mass is 10.1. The van der Waals surface area contributed by atoms with Gasteiger partial charge >= 0.3 is 0 Å². The number of pyridine rings is 1. The highest BCUT2D eigenvalue weighted by molar-refractivity contribution is 7.18. The summed E-state index contributed by atoms with van der Waals surface area (Å²) < 4.78 is 1.22. The number of likely N-dealkylation sites (N-methyl/N-ethyl adjacent to an activating group) is 1. The summed E-state index contributed by atoms with van der Waals surface area (Å²) in [5.41, 5.74) is 3.04. The molecule has 31 heavy (non-hydrogen) atoms. The number of nitrogens with one attached hydrogen (secondary N) is 1. The van der Waals surface area contributed by atoms with Crippen molar-refractivity contribution in [2.75, 3.05) is 38.1 Å². The van der Waals surface area contributed by atoms with Crippen LogP contribution in [0.2, 0.25) is 0 Å². The molecule has 4 heterocycles. The number of carbonyl (C=O) groups excluding carboxylic acids is 1. The van der Waals surface area contributed by atoms with Crippen LogP contribution < -0.4 is 10.2 Å². The molecule has 0 radical (unpaired) electrons. The Balaban J connectivity index is 1.45. The Hall–Kier alpha value is -3.10. The van der Waals surface area contributed by atoms with E-state index in [0.717, 1.165) is 54.3 Å². The Bertz CT molecular complexity index is 1240. The number of aromatic nitrogens is 3. The molecule has 5 rings (SSSR count). The van der Waals surface area contributed by atoms with Gasteiger partial charge < -0.3 is 15.1 Å². The molecule has 0 atom stereocenters. The van der Waals surface area contributed by atoms with Crippen molar-refractivity contribution >= 4 is 44.1 Å². The van der Waals surface area contributed by atoms with E-state index in [9.17, 15) is 4.79 Å². The lowest BCUT2D eigenvalue weighted by molar-refractivity contribution is 0.0950. The Kier molecular flexibility index (Phi) is 5.25. The first-order valence-corrected chi connectivity index (χ1v) is 11.3. The summed E-state index contributed by atoms with van der Waals surface area (Å²) in [7, 11) is 2.15. The Morgan fingerprint density at radius 3 is 2.71 bits per heavy atom. The lowest BCUT2D eigenvalue weighted by Crippen LogP contribution is -2.44. The quantitative estimate of drug-likeness (QED) is 0.534. The maximum Gasteiger partial charge on any atom is 0.251 e. The minimum absolute atomic E-state index is 0.140. The van der Waals surface area contributed by atoms with Gasteiger partial charge in [0.1, 0.15) is 5.82 Å². The molecule has 7 nitrogen and oxygen atoms in total. The first-order chi connectivity index (χ1) is 15.1. The molecule has 0 spiro atoms. The number of piperazine rings is 1. The van der Waals surface area contributed by atoms with Crippen LogP contribution in [0, 0.1) is 6.92 Å². The van der Waals surface area contributed by atoms with Gasteiger partial charge in [0.2, 0.25) is 0 Å². The summed E-state index contributed by atoms with van der Waals surface area (Å²) in [5.74, 6) is 0.878. The number of amides is 1. The second kappa shape index (κ2) is 8.20. The second-order valence-electron chi connectivity index (χ2n) is 7.95. The molecular formula is C23H24N6OS. The highest BCUT2D eigenvalue weighted by Gasteiger charge is 2.20. The topological polar surface area (TPSA) is 74.2 Å². The van der Waals surface area contributed by atoms with Gasteiger partial charge in [-0.25, -0.2) is 4.98 Å². The third-order valence-electron chi connectivity index (χ3n) is 5.70. The fraction of sp³-hybridized carbons (Fsp3) is 0.304. The van der Waals surface area contributed by atoms with Crippen LogP contribution in [0.3, 0.4) is 0 Å². The van der Waals surface area contributed by atoms with Crippen LogP contribution in [0.5, 0.6) is 0 Å². The molecule has 1 aliphatic rings. The van der Waals surface area contributed by atoms with E-state index in [-0.39, 0.29) is 5.91 Å². The van der Waals surface area contributed by atoms with Crippen molar-refractivity contribution in [2.45, 2.75) is 13.5 Å². The third-order valence-corrected chi connectivity index (χ3v) is 6.65. The van der Waals surface area contributed by atoms with Crippen LogP contribution in [-0.2, 0) is 6.54 Å². The molecule has 1 amide bonds. The van der Waals surface area contributed by atoms with Crippen LogP contribution in [0.1, 0.15) is 21.7 Å². The highest BCUT2D eigenvalue weighted by atomic mass is 32.1. The van der Waals surface area contributed by atoms with Gasteiger partial charge in [0.15, 0.2) is 0 Å². The zero-order valence-electron chi connectivity index (χ0n) is 17.6. The van der Waals surface area contributed by atoms with E-state index in [1.807, 2.05) is 25.1 Å². The maximum atomic E-state index is 12.8. The fourth-order valence-electron chi connectivity index (χ4n) is 3.87. The van der Waals surface area contributed by atoms with Crippen molar-refractivity contribution < 1.29 is 4.79 Å². The number of aryl methyl sites for hydroxylation is 1. The van der Waals surface area contributed by atoms with E-state index >= 15 is 0 Å². The number of hydrogen-bond acceptors (Lipinski definition) is 7. The number of nitrogens with zero attached hydrogens (tertiary/aromatic N) is 5. The largest absolute Gasteiger partial charge is 0.353 e. The monoisotopic (exact) mass is 432 g/mol. The average Bonchev–Trinajstić information content (AvgIpc) is 3.28. The summed E-state index contributed by atoms with van der Waals surface area (Å²) in [6.45, 7) is 6.19. The van der Waals surface area contributed by atoms with Crippen LogP contribution in [-0.4, -0.2) is 59.0 Å². The molecular weight excluding hydrogens is 408 g/mol. The smallest absolute Gasteiger partial charge is 0.251 e. The number of anilines is 1. The first kappa shape index (κ1) is 19.8. The molecule has 3 aromatic heterocycles. The van der Waals surface area contributed by atoms with E-state index in [1.165, 1.54) is 10.1 Å². The van der Waals surface area contributed by atoms with Gasteiger partial charge in [-0.15, -0.1) is 11.3 Å². The maximum absolute atomic E-state index is 12.8. The van der Waals surface area contributed by atoms with Gasteiger partial charge in [-0.3, -0.25) is 14.8 Å². The number of rotatable bonds is 4. The minimum Gasteiger partial charge on any atom is -0.353 e. The van der Waals surface area contributed by atoms with Crippen LogP contribution in [0.15, 0.2) is 42.0 Å². The fourth-order valence-corrected chi connectivity index (χ4v) is 4.79. The normalized spacial score (nSPS) is 15.0. The second-order valence-corrected chi connectivity index (χ2v) is 8.87. The highest BCUT2D eigenvalue weighted by Crippen LogP contribution is 2.35. The number of fused-ring (bicyclic) bond motifs is 3. The van der Waals surface area contributed by atoms with Gasteiger partial charge in [0.05, 0.1) is 29.6 Å². The van der Waals surface area contributed by atoms with Crippen molar-refractivity contribution in [1.82, 2.24) is 25.2 Å². The summed E-state index contributed by atoms with van der Waals surface area (Å²) >= 11 is 1.73. The third kappa shape index (κ3) is 3.96. The van der Waals surface area contributed by atoms with Gasteiger partial charge in [0.25, 0.3) is 5.91 Å². The summed E-state index contributed by atoms with van der Waals surface area (Å²) in [5, 5.41) is 7.33.